The maximum atomic E-state index is 13.5. The standard InChI is InChI=1S/C23H31N3O4S.C2HF3O2/c1-3-19-8-10-21(11-9-19)31(28,29)26(18-20-6-4-5-7-22(20)30-2)15-12-23(27)25-16-13-24-14-17-25;3-2(4,5)1(6)7/h4-11,24H,3,12-18H2,1-2H3;(H,6,7). The molecule has 0 atom stereocenters. The lowest BCUT2D eigenvalue weighted by molar-refractivity contribution is -0.192. The summed E-state index contributed by atoms with van der Waals surface area (Å²) in [7, 11) is -2.22. The van der Waals surface area contributed by atoms with Gasteiger partial charge in [0, 0.05) is 51.3 Å². The Labute approximate surface area is 220 Å². The maximum absolute atomic E-state index is 13.5. The van der Waals surface area contributed by atoms with Crippen LogP contribution in [0.5, 0.6) is 5.75 Å². The number of methoxy groups -OCH3 is 1. The largest absolute Gasteiger partial charge is 0.496 e. The van der Waals surface area contributed by atoms with Crippen molar-refractivity contribution in [2.75, 3.05) is 39.8 Å². The van der Waals surface area contributed by atoms with E-state index in [0.29, 0.717) is 18.8 Å². The number of carbonyl (C=O) groups excluding carboxylic acids is 1. The van der Waals surface area contributed by atoms with Crippen LogP contribution in [-0.2, 0) is 32.6 Å². The SMILES string of the molecule is CCc1ccc(S(=O)(=O)N(CCC(=O)N2CCNCC2)Cc2ccccc2OC)cc1.O=C(O)C(F)(F)F. The molecule has 9 nitrogen and oxygen atoms in total. The number of halogens is 3. The summed E-state index contributed by atoms with van der Waals surface area (Å²) >= 11 is 0. The summed E-state index contributed by atoms with van der Waals surface area (Å²) in [6.45, 7) is 5.10. The van der Waals surface area contributed by atoms with Gasteiger partial charge in [0.1, 0.15) is 5.75 Å². The van der Waals surface area contributed by atoms with Crippen LogP contribution in [0.2, 0.25) is 0 Å². The third-order valence-electron chi connectivity index (χ3n) is 5.80. The fraction of sp³-hybridized carbons (Fsp3) is 0.440. The molecule has 1 saturated heterocycles. The van der Waals surface area contributed by atoms with E-state index in [1.165, 1.54) is 4.31 Å². The number of hydrogen-bond acceptors (Lipinski definition) is 6. The van der Waals surface area contributed by atoms with Crippen LogP contribution in [0.25, 0.3) is 0 Å². The highest BCUT2D eigenvalue weighted by Crippen LogP contribution is 2.24. The molecule has 0 aliphatic carbocycles. The molecule has 0 bridgehead atoms. The third-order valence-corrected chi connectivity index (χ3v) is 7.66. The van der Waals surface area contributed by atoms with Gasteiger partial charge in [-0.1, -0.05) is 37.3 Å². The number of piperazine rings is 1. The predicted molar refractivity (Wildman–Crippen MR) is 134 cm³/mol. The summed E-state index contributed by atoms with van der Waals surface area (Å²) in [6, 6.07) is 14.3. The van der Waals surface area contributed by atoms with Gasteiger partial charge in [0.05, 0.1) is 12.0 Å². The molecule has 1 amide bonds. The molecule has 2 aromatic rings. The molecule has 0 spiro atoms. The van der Waals surface area contributed by atoms with Crippen molar-refractivity contribution in [2.45, 2.75) is 37.4 Å². The minimum atomic E-state index is -5.08. The first-order chi connectivity index (χ1) is 17.9. The number of nitrogens with one attached hydrogen (secondary N) is 1. The normalized spacial score (nSPS) is 14.0. The van der Waals surface area contributed by atoms with E-state index in [2.05, 4.69) is 5.32 Å². The summed E-state index contributed by atoms with van der Waals surface area (Å²) in [5.74, 6) is -2.16. The second-order valence-corrected chi connectivity index (χ2v) is 10.3. The first kappa shape index (κ1) is 31.1. The molecule has 0 radical (unpaired) electrons. The van der Waals surface area contributed by atoms with Crippen molar-refractivity contribution in [3.63, 3.8) is 0 Å². The van der Waals surface area contributed by atoms with Crippen LogP contribution in [-0.4, -0.2) is 80.6 Å². The van der Waals surface area contributed by atoms with Crippen LogP contribution in [0.3, 0.4) is 0 Å². The van der Waals surface area contributed by atoms with E-state index in [9.17, 15) is 26.4 Å². The molecule has 1 heterocycles. The van der Waals surface area contributed by atoms with E-state index in [1.807, 2.05) is 43.3 Å². The van der Waals surface area contributed by atoms with E-state index < -0.39 is 22.2 Å². The van der Waals surface area contributed by atoms with Crippen molar-refractivity contribution in [3.8, 4) is 5.75 Å². The zero-order chi connectivity index (χ0) is 28.3. The van der Waals surface area contributed by atoms with Crippen LogP contribution >= 0.6 is 0 Å². The Morgan fingerprint density at radius 3 is 2.18 bits per heavy atom. The molecule has 13 heteroatoms. The van der Waals surface area contributed by atoms with E-state index in [1.54, 1.807) is 24.1 Å². The van der Waals surface area contributed by atoms with Gasteiger partial charge in [0.2, 0.25) is 15.9 Å². The van der Waals surface area contributed by atoms with Gasteiger partial charge in [-0.3, -0.25) is 4.79 Å². The minimum Gasteiger partial charge on any atom is -0.496 e. The number of sulfonamides is 1. The number of carboxylic acids is 1. The van der Waals surface area contributed by atoms with E-state index in [0.717, 1.165) is 30.6 Å². The van der Waals surface area contributed by atoms with Crippen molar-refractivity contribution in [1.29, 1.82) is 0 Å². The van der Waals surface area contributed by atoms with E-state index in [4.69, 9.17) is 14.6 Å². The fourth-order valence-corrected chi connectivity index (χ4v) is 5.07. The Morgan fingerprint density at radius 1 is 1.08 bits per heavy atom. The molecular weight excluding hydrogens is 527 g/mol. The molecule has 0 aromatic heterocycles. The van der Waals surface area contributed by atoms with Crippen LogP contribution in [0.1, 0.15) is 24.5 Å². The molecule has 3 rings (SSSR count). The molecule has 2 aromatic carbocycles. The van der Waals surface area contributed by atoms with Gasteiger partial charge < -0.3 is 20.1 Å². The average Bonchev–Trinajstić information content (AvgIpc) is 2.91. The number of aliphatic carboxylic acids is 1. The Bertz CT molecular complexity index is 1170. The maximum Gasteiger partial charge on any atom is 0.490 e. The number of benzene rings is 2. The zero-order valence-electron chi connectivity index (χ0n) is 21.2. The third kappa shape index (κ3) is 8.99. The van der Waals surface area contributed by atoms with Crippen LogP contribution < -0.4 is 10.1 Å². The Kier molecular flexibility index (Phi) is 11.5. The molecule has 210 valence electrons. The number of carbonyl (C=O) groups is 2. The Morgan fingerprint density at radius 2 is 1.66 bits per heavy atom. The second kappa shape index (κ2) is 14.1. The molecule has 1 fully saturated rings. The number of aryl methyl sites for hydroxylation is 1. The zero-order valence-corrected chi connectivity index (χ0v) is 22.0. The van der Waals surface area contributed by atoms with Gasteiger partial charge in [-0.05, 0) is 30.2 Å². The number of carboxylic acid groups (broad SMARTS) is 1. The highest BCUT2D eigenvalue weighted by molar-refractivity contribution is 7.89. The molecule has 1 aliphatic heterocycles. The summed E-state index contributed by atoms with van der Waals surface area (Å²) < 4.78 is 65.5. The number of amides is 1. The first-order valence-corrected chi connectivity index (χ1v) is 13.3. The fourth-order valence-electron chi connectivity index (χ4n) is 3.65. The topological polar surface area (TPSA) is 116 Å². The molecule has 2 N–H and O–H groups in total. The highest BCUT2D eigenvalue weighted by Gasteiger charge is 2.38. The number of para-hydroxylation sites is 1. The van der Waals surface area contributed by atoms with Gasteiger partial charge in [0.15, 0.2) is 0 Å². The molecule has 38 heavy (non-hydrogen) atoms. The van der Waals surface area contributed by atoms with Crippen molar-refractivity contribution in [1.82, 2.24) is 14.5 Å². The highest BCUT2D eigenvalue weighted by atomic mass is 32.2. The summed E-state index contributed by atoms with van der Waals surface area (Å²) in [6.07, 6.45) is -4.11. The van der Waals surface area contributed by atoms with Gasteiger partial charge >= 0.3 is 12.1 Å². The number of nitrogens with zero attached hydrogens (tertiary/aromatic N) is 2. The monoisotopic (exact) mass is 559 g/mol. The van der Waals surface area contributed by atoms with E-state index in [-0.39, 0.29) is 30.3 Å². The molecule has 0 saturated carbocycles. The quantitative estimate of drug-likeness (QED) is 0.485. The number of ether oxygens (including phenoxy) is 1. The van der Waals surface area contributed by atoms with Crippen molar-refractivity contribution < 1.29 is 41.0 Å². The van der Waals surface area contributed by atoms with Crippen molar-refractivity contribution in [3.05, 3.63) is 59.7 Å². The van der Waals surface area contributed by atoms with Crippen LogP contribution in [0.4, 0.5) is 13.2 Å². The lowest BCUT2D eigenvalue weighted by atomic mass is 10.2. The summed E-state index contributed by atoms with van der Waals surface area (Å²) in [5.41, 5.74) is 1.83. The van der Waals surface area contributed by atoms with Crippen LogP contribution in [0, 0.1) is 0 Å². The molecule has 0 unspecified atom stereocenters. The first-order valence-electron chi connectivity index (χ1n) is 11.9. The van der Waals surface area contributed by atoms with Gasteiger partial charge in [-0.25, -0.2) is 13.2 Å². The lowest BCUT2D eigenvalue weighted by Crippen LogP contribution is -2.47. The van der Waals surface area contributed by atoms with Crippen molar-refractivity contribution in [2.24, 2.45) is 0 Å². The van der Waals surface area contributed by atoms with Gasteiger partial charge in [-0.2, -0.15) is 17.5 Å². The Balaban J connectivity index is 0.000000638. The Hall–Kier alpha value is -3.16. The second-order valence-electron chi connectivity index (χ2n) is 8.33. The number of alkyl halides is 3. The smallest absolute Gasteiger partial charge is 0.490 e. The molecular formula is C25H32F3N3O6S. The van der Waals surface area contributed by atoms with Gasteiger partial charge in [-0.15, -0.1) is 0 Å². The lowest BCUT2D eigenvalue weighted by Gasteiger charge is -2.29. The molecule has 1 aliphatic rings. The number of hydrogen-bond donors (Lipinski definition) is 2. The number of rotatable bonds is 9. The van der Waals surface area contributed by atoms with Crippen LogP contribution in [0.15, 0.2) is 53.4 Å². The summed E-state index contributed by atoms with van der Waals surface area (Å²) in [4.78, 5) is 23.6. The van der Waals surface area contributed by atoms with E-state index >= 15 is 0 Å². The average molecular weight is 560 g/mol. The predicted octanol–water partition coefficient (Wildman–Crippen LogP) is 2.90. The minimum absolute atomic E-state index is 0.0249. The van der Waals surface area contributed by atoms with Gasteiger partial charge in [0.25, 0.3) is 0 Å². The summed E-state index contributed by atoms with van der Waals surface area (Å²) in [5, 5.41) is 10.3. The van der Waals surface area contributed by atoms with Crippen molar-refractivity contribution >= 4 is 21.9 Å².